The Morgan fingerprint density at radius 2 is 1.68 bits per heavy atom. The Bertz CT molecular complexity index is 1440. The van der Waals surface area contributed by atoms with Crippen LogP contribution in [0.2, 0.25) is 0 Å². The third kappa shape index (κ3) is 4.99. The van der Waals surface area contributed by atoms with E-state index in [0.717, 1.165) is 22.4 Å². The topological polar surface area (TPSA) is 75.7 Å². The molecule has 1 aliphatic heterocycles. The largest absolute Gasteiger partial charge is 0.457 e. The first kappa shape index (κ1) is 25.5. The number of carbonyl (C=O) groups excluding carboxylic acids is 3. The molecule has 2 aliphatic rings. The quantitative estimate of drug-likeness (QED) is 0.287. The molecule has 0 unspecified atom stereocenters. The Balaban J connectivity index is 1.28. The van der Waals surface area contributed by atoms with E-state index in [9.17, 15) is 14.4 Å². The normalized spacial score (nSPS) is 18.9. The minimum Gasteiger partial charge on any atom is -0.457 e. The van der Waals surface area contributed by atoms with Gasteiger partial charge in [0.15, 0.2) is 0 Å². The molecule has 1 N–H and O–H groups in total. The number of rotatable bonds is 6. The summed E-state index contributed by atoms with van der Waals surface area (Å²) < 4.78 is 6.15. The number of anilines is 2. The van der Waals surface area contributed by atoms with Crippen LogP contribution >= 0.6 is 0 Å². The van der Waals surface area contributed by atoms with Crippen LogP contribution in [0.3, 0.4) is 0 Å². The number of nitrogens with one attached hydrogen (secondary N) is 1. The highest BCUT2D eigenvalue weighted by Gasteiger charge is 2.48. The van der Waals surface area contributed by atoms with Crippen molar-refractivity contribution < 1.29 is 19.1 Å². The lowest BCUT2D eigenvalue weighted by Crippen LogP contribution is -2.31. The summed E-state index contributed by atoms with van der Waals surface area (Å²) in [4.78, 5) is 40.4. The van der Waals surface area contributed by atoms with Crippen molar-refractivity contribution in [3.8, 4) is 11.5 Å². The Labute approximate surface area is 223 Å². The third-order valence-electron chi connectivity index (χ3n) is 7.32. The average Bonchev–Trinajstić information content (AvgIpc) is 3.14. The van der Waals surface area contributed by atoms with E-state index in [-0.39, 0.29) is 29.6 Å². The smallest absolute Gasteiger partial charge is 0.255 e. The third-order valence-corrected chi connectivity index (χ3v) is 7.32. The van der Waals surface area contributed by atoms with Crippen molar-refractivity contribution in [3.63, 3.8) is 0 Å². The Hall–Kier alpha value is -4.19. The van der Waals surface area contributed by atoms with Crippen LogP contribution < -0.4 is 15.0 Å². The van der Waals surface area contributed by atoms with Crippen LogP contribution in [0.25, 0.3) is 0 Å². The van der Waals surface area contributed by atoms with Gasteiger partial charge in [0.05, 0.1) is 17.5 Å². The van der Waals surface area contributed by atoms with Crippen molar-refractivity contribution >= 4 is 29.1 Å². The molecule has 1 aliphatic carbocycles. The predicted molar refractivity (Wildman–Crippen MR) is 149 cm³/mol. The Morgan fingerprint density at radius 3 is 2.42 bits per heavy atom. The van der Waals surface area contributed by atoms with Gasteiger partial charge < -0.3 is 10.1 Å². The van der Waals surface area contributed by atoms with Gasteiger partial charge in [0.25, 0.3) is 5.91 Å². The molecule has 3 amide bonds. The van der Waals surface area contributed by atoms with Crippen LogP contribution in [-0.4, -0.2) is 17.7 Å². The van der Waals surface area contributed by atoms with Crippen molar-refractivity contribution in [1.82, 2.24) is 0 Å². The minimum atomic E-state index is -0.324. The maximum Gasteiger partial charge on any atom is 0.255 e. The van der Waals surface area contributed by atoms with Gasteiger partial charge in [0.1, 0.15) is 11.5 Å². The number of hydrogen-bond donors (Lipinski definition) is 1. The van der Waals surface area contributed by atoms with E-state index >= 15 is 0 Å². The number of amides is 3. The number of imide groups is 1. The molecule has 6 heteroatoms. The van der Waals surface area contributed by atoms with Gasteiger partial charge in [-0.25, -0.2) is 0 Å². The number of ether oxygens (including phenoxy) is 1. The molecule has 38 heavy (non-hydrogen) atoms. The predicted octanol–water partition coefficient (Wildman–Crippen LogP) is 7.01. The molecule has 6 nitrogen and oxygen atoms in total. The van der Waals surface area contributed by atoms with E-state index in [1.165, 1.54) is 4.90 Å². The maximum absolute atomic E-state index is 13.1. The molecular formula is C32H32N2O4. The monoisotopic (exact) mass is 508 g/mol. The second kappa shape index (κ2) is 10.3. The Morgan fingerprint density at radius 1 is 0.947 bits per heavy atom. The Kier molecular flexibility index (Phi) is 6.89. The first-order valence-electron chi connectivity index (χ1n) is 13.0. The zero-order valence-electron chi connectivity index (χ0n) is 22.2. The fraction of sp³-hybridized carbons (Fsp3) is 0.281. The van der Waals surface area contributed by atoms with Crippen LogP contribution in [0.15, 0.2) is 78.4 Å². The maximum atomic E-state index is 13.1. The van der Waals surface area contributed by atoms with Gasteiger partial charge in [-0.2, -0.15) is 0 Å². The fourth-order valence-corrected chi connectivity index (χ4v) is 5.22. The van der Waals surface area contributed by atoms with E-state index in [1.807, 2.05) is 38.1 Å². The summed E-state index contributed by atoms with van der Waals surface area (Å²) in [6.07, 6.45) is 3.23. The molecule has 0 radical (unpaired) electrons. The first-order chi connectivity index (χ1) is 18.2. The highest BCUT2D eigenvalue weighted by Crippen LogP contribution is 2.40. The van der Waals surface area contributed by atoms with Crippen LogP contribution in [0.5, 0.6) is 11.5 Å². The molecule has 3 aromatic carbocycles. The number of benzene rings is 3. The summed E-state index contributed by atoms with van der Waals surface area (Å²) in [7, 11) is 0. The second-order valence-electron chi connectivity index (χ2n) is 10.5. The van der Waals surface area contributed by atoms with Crippen molar-refractivity contribution in [1.29, 1.82) is 0 Å². The fourth-order valence-electron chi connectivity index (χ4n) is 5.22. The van der Waals surface area contributed by atoms with Crippen molar-refractivity contribution in [2.75, 3.05) is 10.2 Å². The molecule has 3 aromatic rings. The highest BCUT2D eigenvalue weighted by molar-refractivity contribution is 6.22. The van der Waals surface area contributed by atoms with Gasteiger partial charge in [-0.05, 0) is 92.3 Å². The standard InChI is InChI=1S/C32H32N2O4/c1-19(2)26-14-8-21(4)17-29(26)38-25-12-10-23(11-13-25)33-30(35)22-6-5-7-24(18-22)34-31(36)27-15-9-20(3)16-28(27)32(34)37/h5-14,17-19,27-28H,15-16H2,1-4H3,(H,33,35)/t27-,28-/m0/s1. The molecule has 5 rings (SSSR count). The minimum absolute atomic E-state index is 0.185. The van der Waals surface area contributed by atoms with Crippen molar-refractivity contribution in [3.05, 3.63) is 95.1 Å². The lowest BCUT2D eigenvalue weighted by Gasteiger charge is -2.18. The molecule has 1 heterocycles. The molecule has 194 valence electrons. The first-order valence-corrected chi connectivity index (χ1v) is 13.0. The van der Waals surface area contributed by atoms with Crippen molar-refractivity contribution in [2.24, 2.45) is 11.8 Å². The van der Waals surface area contributed by atoms with Gasteiger partial charge >= 0.3 is 0 Å². The van der Waals surface area contributed by atoms with E-state index in [2.05, 4.69) is 31.3 Å². The number of hydrogen-bond acceptors (Lipinski definition) is 4. The summed E-state index contributed by atoms with van der Waals surface area (Å²) in [5.41, 5.74) is 4.81. The van der Waals surface area contributed by atoms with Gasteiger partial charge in [-0.3, -0.25) is 19.3 Å². The zero-order valence-corrected chi connectivity index (χ0v) is 22.2. The summed E-state index contributed by atoms with van der Waals surface area (Å²) in [6.45, 7) is 8.29. The van der Waals surface area contributed by atoms with E-state index in [0.29, 0.717) is 41.4 Å². The molecule has 1 fully saturated rings. The molecule has 0 spiro atoms. The lowest BCUT2D eigenvalue weighted by atomic mass is 9.82. The van der Waals surface area contributed by atoms with Crippen LogP contribution in [0.4, 0.5) is 11.4 Å². The summed E-state index contributed by atoms with van der Waals surface area (Å²) >= 11 is 0. The second-order valence-corrected chi connectivity index (χ2v) is 10.5. The number of aryl methyl sites for hydroxylation is 1. The van der Waals surface area contributed by atoms with Gasteiger partial charge in [0, 0.05) is 11.3 Å². The summed E-state index contributed by atoms with van der Waals surface area (Å²) in [5, 5.41) is 2.89. The average molecular weight is 509 g/mol. The SMILES string of the molecule is CC1=CC[C@@H]2C(=O)N(c3cccc(C(=O)Nc4ccc(Oc5cc(C)ccc5C(C)C)cc4)c3)C(=O)[C@H]2C1. The number of allylic oxidation sites excluding steroid dienone is 2. The summed E-state index contributed by atoms with van der Waals surface area (Å²) in [6, 6.07) is 20.1. The number of nitrogens with zero attached hydrogens (tertiary/aromatic N) is 1. The summed E-state index contributed by atoms with van der Waals surface area (Å²) in [5.74, 6) is 0.496. The van der Waals surface area contributed by atoms with Crippen LogP contribution in [0.1, 0.15) is 61.0 Å². The lowest BCUT2D eigenvalue weighted by molar-refractivity contribution is -0.122. The highest BCUT2D eigenvalue weighted by atomic mass is 16.5. The van der Waals surface area contributed by atoms with Gasteiger partial charge in [-0.1, -0.05) is 43.7 Å². The van der Waals surface area contributed by atoms with Gasteiger partial charge in [-0.15, -0.1) is 0 Å². The molecule has 0 bridgehead atoms. The zero-order chi connectivity index (χ0) is 27.0. The molecule has 1 saturated heterocycles. The number of carbonyl (C=O) groups is 3. The van der Waals surface area contributed by atoms with Crippen molar-refractivity contribution in [2.45, 2.75) is 46.5 Å². The molecule has 0 saturated carbocycles. The van der Waals surface area contributed by atoms with Crippen LogP contribution in [-0.2, 0) is 9.59 Å². The number of fused-ring (bicyclic) bond motifs is 1. The van der Waals surface area contributed by atoms with E-state index in [1.54, 1.807) is 36.4 Å². The van der Waals surface area contributed by atoms with E-state index < -0.39 is 0 Å². The van der Waals surface area contributed by atoms with Gasteiger partial charge in [0.2, 0.25) is 11.8 Å². The molecular weight excluding hydrogens is 476 g/mol. The molecule has 2 atom stereocenters. The van der Waals surface area contributed by atoms with E-state index in [4.69, 9.17) is 4.74 Å². The molecule has 0 aromatic heterocycles. The van der Waals surface area contributed by atoms with Crippen LogP contribution in [0, 0.1) is 18.8 Å².